The summed E-state index contributed by atoms with van der Waals surface area (Å²) in [5, 5.41) is 3.35. The third-order valence-corrected chi connectivity index (χ3v) is 3.70. The summed E-state index contributed by atoms with van der Waals surface area (Å²) in [6.45, 7) is 6.82. The van der Waals surface area contributed by atoms with Crippen LogP contribution in [0.4, 0.5) is 17.4 Å². The Bertz CT molecular complexity index is 608. The zero-order valence-electron chi connectivity index (χ0n) is 12.8. The predicted octanol–water partition coefficient (Wildman–Crippen LogP) is 2.76. The van der Waals surface area contributed by atoms with Gasteiger partial charge in [-0.3, -0.25) is 4.90 Å². The van der Waals surface area contributed by atoms with E-state index in [-0.39, 0.29) is 0 Å². The summed E-state index contributed by atoms with van der Waals surface area (Å²) in [5.41, 5.74) is 3.30. The van der Waals surface area contributed by atoms with Crippen molar-refractivity contribution in [2.75, 3.05) is 29.9 Å². The number of aromatic nitrogens is 1. The second-order valence-electron chi connectivity index (χ2n) is 5.72. The Morgan fingerprint density at radius 1 is 1.24 bits per heavy atom. The molecular weight excluding hydrogens is 264 g/mol. The molecule has 21 heavy (non-hydrogen) atoms. The monoisotopic (exact) mass is 286 g/mol. The second-order valence-corrected chi connectivity index (χ2v) is 5.72. The number of nitrogens with one attached hydrogen (secondary N) is 1. The van der Waals surface area contributed by atoms with Crippen molar-refractivity contribution in [3.63, 3.8) is 0 Å². The molecule has 1 aromatic carbocycles. The molecule has 2 heterocycles. The number of hydrogen-bond acceptors (Lipinski definition) is 5. The van der Waals surface area contributed by atoms with Crippen LogP contribution in [0.3, 0.4) is 0 Å². The molecule has 0 radical (unpaired) electrons. The van der Waals surface area contributed by atoms with Crippen molar-refractivity contribution < 1.29 is 4.42 Å². The third-order valence-electron chi connectivity index (χ3n) is 3.70. The highest BCUT2D eigenvalue weighted by Gasteiger charge is 2.24. The van der Waals surface area contributed by atoms with Gasteiger partial charge in [0.1, 0.15) is 6.26 Å². The lowest BCUT2D eigenvalue weighted by molar-refractivity contribution is 0.544. The molecule has 0 bridgehead atoms. The highest BCUT2D eigenvalue weighted by molar-refractivity contribution is 5.76. The van der Waals surface area contributed by atoms with E-state index < -0.39 is 0 Å². The number of rotatable bonds is 4. The fourth-order valence-corrected chi connectivity index (χ4v) is 2.51. The Hall–Kier alpha value is -2.01. The van der Waals surface area contributed by atoms with Crippen LogP contribution in [0.2, 0.25) is 0 Å². The number of nitrogens with zero attached hydrogens (tertiary/aromatic N) is 3. The van der Waals surface area contributed by atoms with Gasteiger partial charge in [-0.25, -0.2) is 0 Å². The molecule has 5 nitrogen and oxygen atoms in total. The van der Waals surface area contributed by atoms with E-state index in [4.69, 9.17) is 4.42 Å². The first-order chi connectivity index (χ1) is 10.1. The molecule has 0 atom stereocenters. The minimum Gasteiger partial charge on any atom is -0.431 e. The fourth-order valence-electron chi connectivity index (χ4n) is 2.51. The maximum absolute atomic E-state index is 5.68. The molecule has 0 fully saturated rings. The number of likely N-dealkylation sites (N-methyl/N-ethyl adjacent to an activating group) is 1. The summed E-state index contributed by atoms with van der Waals surface area (Å²) in [5.74, 6) is 0. The van der Waals surface area contributed by atoms with Crippen LogP contribution in [0, 0.1) is 0 Å². The summed E-state index contributed by atoms with van der Waals surface area (Å²) in [7, 11) is 2.11. The van der Waals surface area contributed by atoms with Gasteiger partial charge in [-0.2, -0.15) is 4.98 Å². The zero-order valence-corrected chi connectivity index (χ0v) is 12.8. The van der Waals surface area contributed by atoms with Crippen molar-refractivity contribution in [3.05, 3.63) is 36.2 Å². The van der Waals surface area contributed by atoms with Gasteiger partial charge >= 0.3 is 6.01 Å². The van der Waals surface area contributed by atoms with E-state index in [0.717, 1.165) is 31.0 Å². The molecule has 0 unspecified atom stereocenters. The van der Waals surface area contributed by atoms with Crippen LogP contribution in [0.15, 0.2) is 34.9 Å². The van der Waals surface area contributed by atoms with E-state index >= 15 is 0 Å². The molecule has 1 N–H and O–H groups in total. The van der Waals surface area contributed by atoms with Gasteiger partial charge in [0.05, 0.1) is 17.1 Å². The van der Waals surface area contributed by atoms with Crippen molar-refractivity contribution in [2.24, 2.45) is 0 Å². The van der Waals surface area contributed by atoms with Gasteiger partial charge in [0.2, 0.25) is 0 Å². The molecule has 0 spiro atoms. The average molecular weight is 286 g/mol. The van der Waals surface area contributed by atoms with Gasteiger partial charge in [-0.1, -0.05) is 26.0 Å². The second kappa shape index (κ2) is 5.77. The fraction of sp³-hybridized carbons (Fsp3) is 0.438. The van der Waals surface area contributed by atoms with Gasteiger partial charge in [-0.05, 0) is 12.1 Å². The zero-order chi connectivity index (χ0) is 14.8. The first-order valence-electron chi connectivity index (χ1n) is 7.40. The minimum absolute atomic E-state index is 0.439. The molecule has 1 aliphatic heterocycles. The summed E-state index contributed by atoms with van der Waals surface area (Å²) in [6.07, 6.45) is 1.74. The maximum atomic E-state index is 5.68. The SMILES string of the molecule is CC(C)NCc1coc(N2CCN(C)c3ccccc32)n1. The number of anilines is 3. The molecule has 5 heteroatoms. The van der Waals surface area contributed by atoms with Gasteiger partial charge in [0.25, 0.3) is 0 Å². The molecule has 1 aromatic heterocycles. The largest absolute Gasteiger partial charge is 0.431 e. The van der Waals surface area contributed by atoms with Crippen LogP contribution in [0.5, 0.6) is 0 Å². The molecule has 0 aliphatic carbocycles. The number of hydrogen-bond donors (Lipinski definition) is 1. The topological polar surface area (TPSA) is 44.5 Å². The van der Waals surface area contributed by atoms with E-state index in [1.54, 1.807) is 6.26 Å². The predicted molar refractivity (Wildman–Crippen MR) is 85.2 cm³/mol. The number of para-hydroxylation sites is 2. The van der Waals surface area contributed by atoms with Gasteiger partial charge < -0.3 is 14.6 Å². The summed E-state index contributed by atoms with van der Waals surface area (Å²) in [4.78, 5) is 9.01. The van der Waals surface area contributed by atoms with Crippen LogP contribution in [0.25, 0.3) is 0 Å². The van der Waals surface area contributed by atoms with E-state index in [1.807, 2.05) is 0 Å². The number of fused-ring (bicyclic) bond motifs is 1. The standard InChI is InChI=1S/C16H22N4O/c1-12(2)17-10-13-11-21-16(18-13)20-9-8-19(3)14-6-4-5-7-15(14)20/h4-7,11-12,17H,8-10H2,1-3H3. The first kappa shape index (κ1) is 13.9. The number of benzene rings is 1. The lowest BCUT2D eigenvalue weighted by Gasteiger charge is -2.34. The van der Waals surface area contributed by atoms with Crippen molar-refractivity contribution in [3.8, 4) is 0 Å². The van der Waals surface area contributed by atoms with Crippen LogP contribution in [0.1, 0.15) is 19.5 Å². The molecule has 1 aliphatic rings. The van der Waals surface area contributed by atoms with E-state index in [2.05, 4.69) is 65.3 Å². The first-order valence-corrected chi connectivity index (χ1v) is 7.40. The molecule has 0 saturated carbocycles. The molecule has 0 amide bonds. The minimum atomic E-state index is 0.439. The van der Waals surface area contributed by atoms with Crippen LogP contribution in [-0.2, 0) is 6.54 Å². The van der Waals surface area contributed by atoms with Crippen LogP contribution < -0.4 is 15.1 Å². The Labute approximate surface area is 125 Å². The molecule has 112 valence electrons. The van der Waals surface area contributed by atoms with Crippen molar-refractivity contribution >= 4 is 17.4 Å². The number of oxazole rings is 1. The maximum Gasteiger partial charge on any atom is 0.302 e. The van der Waals surface area contributed by atoms with Crippen molar-refractivity contribution in [2.45, 2.75) is 26.4 Å². The Morgan fingerprint density at radius 2 is 2.00 bits per heavy atom. The lowest BCUT2D eigenvalue weighted by atomic mass is 10.2. The highest BCUT2D eigenvalue weighted by Crippen LogP contribution is 2.36. The Morgan fingerprint density at radius 3 is 2.76 bits per heavy atom. The van der Waals surface area contributed by atoms with Crippen LogP contribution in [-0.4, -0.2) is 31.2 Å². The molecule has 2 aromatic rings. The smallest absolute Gasteiger partial charge is 0.302 e. The van der Waals surface area contributed by atoms with E-state index in [9.17, 15) is 0 Å². The molecule has 3 rings (SSSR count). The third kappa shape index (κ3) is 2.88. The summed E-state index contributed by atoms with van der Waals surface area (Å²) < 4.78 is 5.68. The normalized spacial score (nSPS) is 14.7. The molecule has 0 saturated heterocycles. The Kier molecular flexibility index (Phi) is 3.84. The van der Waals surface area contributed by atoms with Gasteiger partial charge in [0.15, 0.2) is 0 Å². The quantitative estimate of drug-likeness (QED) is 0.936. The highest BCUT2D eigenvalue weighted by atomic mass is 16.4. The summed E-state index contributed by atoms with van der Waals surface area (Å²) >= 11 is 0. The molecular formula is C16H22N4O. The van der Waals surface area contributed by atoms with Gasteiger partial charge in [-0.15, -0.1) is 0 Å². The van der Waals surface area contributed by atoms with Crippen molar-refractivity contribution in [1.82, 2.24) is 10.3 Å². The Balaban J connectivity index is 1.83. The summed E-state index contributed by atoms with van der Waals surface area (Å²) in [6, 6.07) is 9.47. The van der Waals surface area contributed by atoms with E-state index in [1.165, 1.54) is 5.69 Å². The van der Waals surface area contributed by atoms with Crippen molar-refractivity contribution in [1.29, 1.82) is 0 Å². The lowest BCUT2D eigenvalue weighted by Crippen LogP contribution is -2.36. The average Bonchev–Trinajstić information content (AvgIpc) is 2.94. The van der Waals surface area contributed by atoms with Gasteiger partial charge in [0, 0.05) is 32.7 Å². The van der Waals surface area contributed by atoms with Crippen LogP contribution >= 0.6 is 0 Å². The van der Waals surface area contributed by atoms with E-state index in [0.29, 0.717) is 12.1 Å².